The Labute approximate surface area is 115 Å². The van der Waals surface area contributed by atoms with Crippen LogP contribution in [0.2, 0.25) is 5.02 Å². The summed E-state index contributed by atoms with van der Waals surface area (Å²) in [5, 5.41) is 2.51. The minimum absolute atomic E-state index is 0.0601. The van der Waals surface area contributed by atoms with Gasteiger partial charge >= 0.3 is 0 Å². The van der Waals surface area contributed by atoms with Crippen molar-refractivity contribution in [3.05, 3.63) is 29.0 Å². The van der Waals surface area contributed by atoms with Gasteiger partial charge in [0.1, 0.15) is 5.82 Å². The van der Waals surface area contributed by atoms with Crippen LogP contribution in [0.4, 0.5) is 10.1 Å². The van der Waals surface area contributed by atoms with Crippen molar-refractivity contribution in [2.75, 3.05) is 16.8 Å². The van der Waals surface area contributed by atoms with Gasteiger partial charge in [-0.05, 0) is 30.5 Å². The first-order valence-electron chi connectivity index (χ1n) is 5.81. The maximum Gasteiger partial charge on any atom is 0.224 e. The van der Waals surface area contributed by atoms with Gasteiger partial charge in [0.05, 0.1) is 16.5 Å². The molecule has 1 aliphatic rings. The minimum atomic E-state index is -2.98. The molecule has 0 bridgehead atoms. The van der Waals surface area contributed by atoms with Crippen molar-refractivity contribution < 1.29 is 17.6 Å². The van der Waals surface area contributed by atoms with Gasteiger partial charge in [0.15, 0.2) is 9.84 Å². The zero-order chi connectivity index (χ0) is 14.0. The third kappa shape index (κ3) is 3.91. The normalized spacial score (nSPS) is 21.3. The van der Waals surface area contributed by atoms with Crippen molar-refractivity contribution in [1.29, 1.82) is 0 Å². The van der Waals surface area contributed by atoms with Crippen LogP contribution in [-0.2, 0) is 14.6 Å². The van der Waals surface area contributed by atoms with E-state index < -0.39 is 15.7 Å². The first-order chi connectivity index (χ1) is 8.85. The molecule has 0 radical (unpaired) electrons. The van der Waals surface area contributed by atoms with E-state index in [9.17, 15) is 17.6 Å². The number of sulfone groups is 1. The summed E-state index contributed by atoms with van der Waals surface area (Å²) in [6.45, 7) is 0. The molecule has 1 aromatic carbocycles. The van der Waals surface area contributed by atoms with Crippen LogP contribution in [0.15, 0.2) is 18.2 Å². The van der Waals surface area contributed by atoms with Crippen LogP contribution in [0.1, 0.15) is 12.8 Å². The molecular weight excluding hydrogens is 293 g/mol. The van der Waals surface area contributed by atoms with Crippen LogP contribution in [-0.4, -0.2) is 25.8 Å². The highest BCUT2D eigenvalue weighted by Gasteiger charge is 2.29. The molecule has 0 aromatic heterocycles. The predicted octanol–water partition coefficient (Wildman–Crippen LogP) is 2.24. The Hall–Kier alpha value is -1.14. The monoisotopic (exact) mass is 305 g/mol. The molecule has 0 spiro atoms. The number of anilines is 1. The summed E-state index contributed by atoms with van der Waals surface area (Å²) >= 11 is 5.60. The average Bonchev–Trinajstić information content (AvgIpc) is 2.63. The zero-order valence-electron chi connectivity index (χ0n) is 10.0. The fraction of sp³-hybridized carbons (Fsp3) is 0.417. The van der Waals surface area contributed by atoms with Crippen molar-refractivity contribution in [3.63, 3.8) is 0 Å². The summed E-state index contributed by atoms with van der Waals surface area (Å²) in [4.78, 5) is 11.7. The molecule has 19 heavy (non-hydrogen) atoms. The molecular formula is C12H13ClFNO3S. The minimum Gasteiger partial charge on any atom is -0.326 e. The SMILES string of the molecule is O=C(C[C@H]1CCS(=O)(=O)C1)Nc1ccc(F)c(Cl)c1. The molecule has 1 N–H and O–H groups in total. The number of benzene rings is 1. The van der Waals surface area contributed by atoms with E-state index in [1.165, 1.54) is 12.1 Å². The van der Waals surface area contributed by atoms with Crippen molar-refractivity contribution in [3.8, 4) is 0 Å². The lowest BCUT2D eigenvalue weighted by Crippen LogP contribution is -2.17. The van der Waals surface area contributed by atoms with Gasteiger partial charge in [-0.2, -0.15) is 0 Å². The third-order valence-electron chi connectivity index (χ3n) is 3.00. The predicted molar refractivity (Wildman–Crippen MR) is 71.4 cm³/mol. The summed E-state index contributed by atoms with van der Waals surface area (Å²) in [6.07, 6.45) is 0.661. The lowest BCUT2D eigenvalue weighted by atomic mass is 10.1. The molecule has 0 saturated carbocycles. The van der Waals surface area contributed by atoms with Gasteiger partial charge in [0.2, 0.25) is 5.91 Å². The Morgan fingerprint density at radius 1 is 1.47 bits per heavy atom. The van der Waals surface area contributed by atoms with E-state index in [-0.39, 0.29) is 34.8 Å². The Morgan fingerprint density at radius 3 is 2.79 bits per heavy atom. The van der Waals surface area contributed by atoms with Crippen molar-refractivity contribution in [2.24, 2.45) is 5.92 Å². The van der Waals surface area contributed by atoms with Crippen LogP contribution < -0.4 is 5.32 Å². The molecule has 4 nitrogen and oxygen atoms in total. The molecule has 1 atom stereocenters. The molecule has 0 aliphatic carbocycles. The number of rotatable bonds is 3. The summed E-state index contributed by atoms with van der Waals surface area (Å²) in [7, 11) is -2.98. The molecule has 1 aromatic rings. The van der Waals surface area contributed by atoms with E-state index in [1.54, 1.807) is 0 Å². The average molecular weight is 306 g/mol. The van der Waals surface area contributed by atoms with Crippen molar-refractivity contribution in [1.82, 2.24) is 0 Å². The Morgan fingerprint density at radius 2 is 2.21 bits per heavy atom. The van der Waals surface area contributed by atoms with E-state index in [2.05, 4.69) is 5.32 Å². The molecule has 1 saturated heterocycles. The second-order valence-corrected chi connectivity index (χ2v) is 7.29. The fourth-order valence-electron chi connectivity index (χ4n) is 2.08. The van der Waals surface area contributed by atoms with Gasteiger partial charge in [-0.1, -0.05) is 11.6 Å². The molecule has 0 unspecified atom stereocenters. The van der Waals surface area contributed by atoms with E-state index >= 15 is 0 Å². The van der Waals surface area contributed by atoms with Gasteiger partial charge in [-0.3, -0.25) is 4.79 Å². The summed E-state index contributed by atoms with van der Waals surface area (Å²) in [5.41, 5.74) is 0.400. The maximum absolute atomic E-state index is 12.9. The Bertz CT molecular complexity index is 603. The van der Waals surface area contributed by atoms with Crippen LogP contribution in [0, 0.1) is 11.7 Å². The lowest BCUT2D eigenvalue weighted by molar-refractivity contribution is -0.116. The number of nitrogens with one attached hydrogen (secondary N) is 1. The summed E-state index contributed by atoms with van der Waals surface area (Å²) in [6, 6.07) is 3.89. The fourth-order valence-corrected chi connectivity index (χ4v) is 4.12. The largest absolute Gasteiger partial charge is 0.326 e. The number of hydrogen-bond donors (Lipinski definition) is 1. The van der Waals surface area contributed by atoms with Crippen molar-refractivity contribution in [2.45, 2.75) is 12.8 Å². The highest BCUT2D eigenvalue weighted by molar-refractivity contribution is 7.91. The quantitative estimate of drug-likeness (QED) is 0.931. The smallest absolute Gasteiger partial charge is 0.224 e. The van der Waals surface area contributed by atoms with Gasteiger partial charge in [-0.25, -0.2) is 12.8 Å². The van der Waals surface area contributed by atoms with Gasteiger partial charge < -0.3 is 5.32 Å². The topological polar surface area (TPSA) is 63.2 Å². The number of carbonyl (C=O) groups is 1. The maximum atomic E-state index is 12.9. The number of carbonyl (C=O) groups excluding carboxylic acids is 1. The molecule has 1 aliphatic heterocycles. The highest BCUT2D eigenvalue weighted by Crippen LogP contribution is 2.23. The lowest BCUT2D eigenvalue weighted by Gasteiger charge is -2.09. The molecule has 7 heteroatoms. The first kappa shape index (κ1) is 14.3. The Balaban J connectivity index is 1.93. The van der Waals surface area contributed by atoms with E-state index in [4.69, 9.17) is 11.6 Å². The molecule has 1 heterocycles. The first-order valence-corrected chi connectivity index (χ1v) is 8.01. The molecule has 2 rings (SSSR count). The van der Waals surface area contributed by atoms with Crippen molar-refractivity contribution >= 4 is 33.0 Å². The number of halogens is 2. The zero-order valence-corrected chi connectivity index (χ0v) is 11.6. The van der Waals surface area contributed by atoms with E-state index in [1.807, 2.05) is 0 Å². The van der Waals surface area contributed by atoms with E-state index in [0.29, 0.717) is 12.1 Å². The third-order valence-corrected chi connectivity index (χ3v) is 5.13. The number of amides is 1. The van der Waals surface area contributed by atoms with Crippen LogP contribution >= 0.6 is 11.6 Å². The second kappa shape index (κ2) is 5.46. The van der Waals surface area contributed by atoms with Crippen LogP contribution in [0.25, 0.3) is 0 Å². The highest BCUT2D eigenvalue weighted by atomic mass is 35.5. The molecule has 1 amide bonds. The summed E-state index contributed by atoms with van der Waals surface area (Å²) in [5.74, 6) is -0.773. The molecule has 1 fully saturated rings. The van der Waals surface area contributed by atoms with Gasteiger partial charge in [-0.15, -0.1) is 0 Å². The standard InChI is InChI=1S/C12H13ClFNO3S/c13-10-6-9(1-2-11(10)14)15-12(16)5-8-3-4-19(17,18)7-8/h1-2,6,8H,3-5,7H2,(H,15,16)/t8-/m1/s1. The second-order valence-electron chi connectivity index (χ2n) is 4.65. The van der Waals surface area contributed by atoms with Crippen LogP contribution in [0.5, 0.6) is 0 Å². The van der Waals surface area contributed by atoms with Gasteiger partial charge in [0, 0.05) is 12.1 Å². The van der Waals surface area contributed by atoms with Crippen LogP contribution in [0.3, 0.4) is 0 Å². The molecule has 104 valence electrons. The number of hydrogen-bond acceptors (Lipinski definition) is 3. The van der Waals surface area contributed by atoms with Gasteiger partial charge in [0.25, 0.3) is 0 Å². The van der Waals surface area contributed by atoms with E-state index in [0.717, 1.165) is 6.07 Å². The Kier molecular flexibility index (Phi) is 4.10. The summed E-state index contributed by atoms with van der Waals surface area (Å²) < 4.78 is 35.5.